The zero-order valence-corrected chi connectivity index (χ0v) is 18.5. The van der Waals surface area contributed by atoms with Crippen molar-refractivity contribution >= 4 is 45.7 Å². The molecule has 2 aromatic carbocycles. The second kappa shape index (κ2) is 10.3. The van der Waals surface area contributed by atoms with Gasteiger partial charge in [-0.2, -0.15) is 0 Å². The molecule has 0 aliphatic rings. The molecule has 1 amide bonds. The molecule has 164 valence electrons. The highest BCUT2D eigenvalue weighted by molar-refractivity contribution is 6.31. The zero-order valence-electron chi connectivity index (χ0n) is 17.0. The Bertz CT molecular complexity index is 1210. The van der Waals surface area contributed by atoms with E-state index in [0.717, 1.165) is 16.6 Å². The number of nitrogens with zero attached hydrogens (tertiary/aromatic N) is 4. The van der Waals surface area contributed by atoms with Gasteiger partial charge in [-0.05, 0) is 48.5 Å². The van der Waals surface area contributed by atoms with Crippen molar-refractivity contribution in [2.24, 2.45) is 0 Å². The van der Waals surface area contributed by atoms with Crippen LogP contribution in [0.15, 0.2) is 60.9 Å². The van der Waals surface area contributed by atoms with Crippen LogP contribution >= 0.6 is 23.2 Å². The summed E-state index contributed by atoms with van der Waals surface area (Å²) in [5, 5.41) is 16.4. The van der Waals surface area contributed by atoms with Gasteiger partial charge in [-0.25, -0.2) is 4.68 Å². The molecule has 4 rings (SSSR count). The van der Waals surface area contributed by atoms with Gasteiger partial charge in [0, 0.05) is 40.4 Å². The number of rotatable bonds is 9. The van der Waals surface area contributed by atoms with Crippen molar-refractivity contribution in [3.05, 3.63) is 76.7 Å². The van der Waals surface area contributed by atoms with Gasteiger partial charge in [0.1, 0.15) is 24.6 Å². The van der Waals surface area contributed by atoms with Crippen LogP contribution in [-0.2, 0) is 17.9 Å². The number of hydrogen-bond acceptors (Lipinski definition) is 6. The predicted octanol–water partition coefficient (Wildman–Crippen LogP) is 3.94. The predicted molar refractivity (Wildman–Crippen MR) is 124 cm³/mol. The largest absolute Gasteiger partial charge is 0.487 e. The van der Waals surface area contributed by atoms with Crippen molar-refractivity contribution in [1.82, 2.24) is 25.3 Å². The molecule has 0 radical (unpaired) electrons. The van der Waals surface area contributed by atoms with Crippen molar-refractivity contribution < 1.29 is 9.53 Å². The van der Waals surface area contributed by atoms with Gasteiger partial charge in [0.05, 0.1) is 11.7 Å². The van der Waals surface area contributed by atoms with Crippen LogP contribution < -0.4 is 15.4 Å². The summed E-state index contributed by atoms with van der Waals surface area (Å²) in [7, 11) is 0. The molecular formula is C22H20Cl2N6O2. The Hall–Kier alpha value is -3.36. The van der Waals surface area contributed by atoms with Crippen LogP contribution in [0.5, 0.6) is 5.75 Å². The molecule has 2 heterocycles. The normalized spacial score (nSPS) is 10.8. The first kappa shape index (κ1) is 21.9. The summed E-state index contributed by atoms with van der Waals surface area (Å²) in [5.41, 5.74) is 2.37. The van der Waals surface area contributed by atoms with Gasteiger partial charge in [-0.1, -0.05) is 28.4 Å². The zero-order chi connectivity index (χ0) is 22.3. The van der Waals surface area contributed by atoms with Gasteiger partial charge in [0.25, 0.3) is 0 Å². The minimum Gasteiger partial charge on any atom is -0.487 e. The number of aromatic nitrogens is 4. The van der Waals surface area contributed by atoms with Gasteiger partial charge in [0.2, 0.25) is 5.91 Å². The highest BCUT2D eigenvalue weighted by atomic mass is 35.5. The molecule has 2 N–H and O–H groups in total. The summed E-state index contributed by atoms with van der Waals surface area (Å²) in [6.07, 6.45) is 3.40. The third-order valence-electron chi connectivity index (χ3n) is 4.56. The molecule has 0 saturated heterocycles. The highest BCUT2D eigenvalue weighted by Crippen LogP contribution is 2.24. The standard InChI is InChI=1S/C22H20Cl2N6O2/c23-15-1-4-18(5-2-15)32-14-17-12-30(29-28-17)13-22(31)27-10-9-26-20-7-8-25-21-11-16(24)3-6-19(20)21/h1-8,11-12H,9-10,13-14H2,(H,25,26)(H,27,31). The molecule has 0 fully saturated rings. The first-order valence-electron chi connectivity index (χ1n) is 9.89. The third-order valence-corrected chi connectivity index (χ3v) is 5.05. The van der Waals surface area contributed by atoms with Gasteiger partial charge in [-0.3, -0.25) is 9.78 Å². The molecule has 32 heavy (non-hydrogen) atoms. The Balaban J connectivity index is 1.21. The van der Waals surface area contributed by atoms with Gasteiger partial charge >= 0.3 is 0 Å². The number of amides is 1. The number of anilines is 1. The first-order valence-corrected chi connectivity index (χ1v) is 10.6. The molecule has 8 nitrogen and oxygen atoms in total. The molecule has 2 aromatic heterocycles. The summed E-state index contributed by atoms with van der Waals surface area (Å²) in [6.45, 7) is 1.34. The number of pyridine rings is 1. The Labute approximate surface area is 194 Å². The molecule has 0 unspecified atom stereocenters. The lowest BCUT2D eigenvalue weighted by Gasteiger charge is -2.10. The van der Waals surface area contributed by atoms with E-state index < -0.39 is 0 Å². The quantitative estimate of drug-likeness (QED) is 0.359. The monoisotopic (exact) mass is 470 g/mol. The smallest absolute Gasteiger partial charge is 0.241 e. The second-order valence-electron chi connectivity index (χ2n) is 6.95. The number of fused-ring (bicyclic) bond motifs is 1. The first-order chi connectivity index (χ1) is 15.6. The Morgan fingerprint density at radius 1 is 1.03 bits per heavy atom. The molecule has 0 aliphatic carbocycles. The molecule has 10 heteroatoms. The van der Waals surface area contributed by atoms with Crippen LogP contribution in [0, 0.1) is 0 Å². The fraction of sp³-hybridized carbons (Fsp3) is 0.182. The van der Waals surface area contributed by atoms with E-state index in [0.29, 0.717) is 34.6 Å². The SMILES string of the molecule is O=C(Cn1cc(COc2ccc(Cl)cc2)nn1)NCCNc1ccnc2cc(Cl)ccc12. The molecule has 0 atom stereocenters. The molecular weight excluding hydrogens is 451 g/mol. The Morgan fingerprint density at radius 3 is 2.69 bits per heavy atom. The van der Waals surface area contributed by atoms with E-state index in [4.69, 9.17) is 27.9 Å². The van der Waals surface area contributed by atoms with E-state index in [1.54, 1.807) is 36.7 Å². The van der Waals surface area contributed by atoms with E-state index in [1.165, 1.54) is 4.68 Å². The number of carbonyl (C=O) groups is 1. The van der Waals surface area contributed by atoms with Crippen molar-refractivity contribution in [1.29, 1.82) is 0 Å². The maximum Gasteiger partial charge on any atom is 0.241 e. The molecule has 0 saturated carbocycles. The topological polar surface area (TPSA) is 94.0 Å². The van der Waals surface area contributed by atoms with E-state index in [9.17, 15) is 4.79 Å². The number of ether oxygens (including phenoxy) is 1. The van der Waals surface area contributed by atoms with Crippen LogP contribution in [0.4, 0.5) is 5.69 Å². The lowest BCUT2D eigenvalue weighted by molar-refractivity contribution is -0.121. The fourth-order valence-electron chi connectivity index (χ4n) is 3.05. The molecule has 0 bridgehead atoms. The fourth-order valence-corrected chi connectivity index (χ4v) is 3.34. The number of carbonyl (C=O) groups excluding carboxylic acids is 1. The van der Waals surface area contributed by atoms with E-state index in [-0.39, 0.29) is 19.1 Å². The second-order valence-corrected chi connectivity index (χ2v) is 7.82. The van der Waals surface area contributed by atoms with Gasteiger partial charge in [-0.15, -0.1) is 5.10 Å². The minimum absolute atomic E-state index is 0.0740. The van der Waals surface area contributed by atoms with Crippen LogP contribution in [0.2, 0.25) is 10.0 Å². The van der Waals surface area contributed by atoms with Gasteiger partial charge < -0.3 is 15.4 Å². The maximum absolute atomic E-state index is 12.2. The third kappa shape index (κ3) is 5.87. The van der Waals surface area contributed by atoms with Crippen molar-refractivity contribution in [3.63, 3.8) is 0 Å². The van der Waals surface area contributed by atoms with E-state index in [2.05, 4.69) is 25.9 Å². The highest BCUT2D eigenvalue weighted by Gasteiger charge is 2.07. The maximum atomic E-state index is 12.2. The molecule has 0 aliphatic heterocycles. The summed E-state index contributed by atoms with van der Waals surface area (Å²) < 4.78 is 7.10. The van der Waals surface area contributed by atoms with E-state index in [1.807, 2.05) is 24.3 Å². The average Bonchev–Trinajstić information content (AvgIpc) is 3.23. The van der Waals surface area contributed by atoms with E-state index >= 15 is 0 Å². The Morgan fingerprint density at radius 2 is 1.84 bits per heavy atom. The minimum atomic E-state index is -0.159. The molecule has 0 spiro atoms. The number of benzene rings is 2. The lowest BCUT2D eigenvalue weighted by Crippen LogP contribution is -2.31. The van der Waals surface area contributed by atoms with Crippen molar-refractivity contribution in [2.75, 3.05) is 18.4 Å². The Kier molecular flexibility index (Phi) is 7.03. The van der Waals surface area contributed by atoms with Crippen molar-refractivity contribution in [2.45, 2.75) is 13.2 Å². The van der Waals surface area contributed by atoms with Crippen LogP contribution in [-0.4, -0.2) is 39.0 Å². The number of hydrogen-bond donors (Lipinski definition) is 2. The average molecular weight is 471 g/mol. The van der Waals surface area contributed by atoms with Gasteiger partial charge in [0.15, 0.2) is 0 Å². The van der Waals surface area contributed by atoms with Crippen LogP contribution in [0.3, 0.4) is 0 Å². The number of halogens is 2. The molecule has 4 aromatic rings. The van der Waals surface area contributed by atoms with Crippen molar-refractivity contribution in [3.8, 4) is 5.75 Å². The summed E-state index contributed by atoms with van der Waals surface area (Å²) in [4.78, 5) is 16.5. The lowest BCUT2D eigenvalue weighted by atomic mass is 10.2. The van der Waals surface area contributed by atoms with Crippen LogP contribution in [0.1, 0.15) is 5.69 Å². The summed E-state index contributed by atoms with van der Waals surface area (Å²) in [5.74, 6) is 0.521. The van der Waals surface area contributed by atoms with Crippen LogP contribution in [0.25, 0.3) is 10.9 Å². The summed E-state index contributed by atoms with van der Waals surface area (Å²) >= 11 is 11.9. The summed E-state index contributed by atoms with van der Waals surface area (Å²) in [6, 6.07) is 14.5. The number of nitrogens with one attached hydrogen (secondary N) is 2.